The number of aliphatic hydroxyl groups is 1. The second kappa shape index (κ2) is 5.01. The molecular formula is C14H17N3O2. The van der Waals surface area contributed by atoms with Crippen LogP contribution in [0, 0.1) is 0 Å². The zero-order chi connectivity index (χ0) is 13.2. The monoisotopic (exact) mass is 259 g/mol. The third kappa shape index (κ3) is 2.46. The number of aromatic nitrogens is 2. The fourth-order valence-electron chi connectivity index (χ4n) is 2.58. The minimum atomic E-state index is -0.443. The van der Waals surface area contributed by atoms with Gasteiger partial charge in [0.2, 0.25) is 0 Å². The Morgan fingerprint density at radius 2 is 2.11 bits per heavy atom. The Hall–Kier alpha value is -1.88. The highest BCUT2D eigenvalue weighted by molar-refractivity contribution is 5.94. The predicted molar refractivity (Wildman–Crippen MR) is 71.8 cm³/mol. The van der Waals surface area contributed by atoms with Crippen molar-refractivity contribution in [3.05, 3.63) is 30.1 Å². The molecule has 5 heteroatoms. The lowest BCUT2D eigenvalue weighted by molar-refractivity contribution is 0.0711. The first kappa shape index (κ1) is 12.2. The van der Waals surface area contributed by atoms with Crippen LogP contribution in [0.2, 0.25) is 0 Å². The minimum absolute atomic E-state index is 0.158. The van der Waals surface area contributed by atoms with Crippen LogP contribution in [-0.2, 0) is 0 Å². The summed E-state index contributed by atoms with van der Waals surface area (Å²) in [7, 11) is 0. The van der Waals surface area contributed by atoms with E-state index < -0.39 is 6.10 Å². The van der Waals surface area contributed by atoms with Gasteiger partial charge in [0, 0.05) is 0 Å². The number of benzene rings is 1. The van der Waals surface area contributed by atoms with Crippen LogP contribution in [0.15, 0.2) is 24.3 Å². The molecule has 1 aromatic carbocycles. The Balaban J connectivity index is 1.76. The minimum Gasteiger partial charge on any atom is -0.391 e. The summed E-state index contributed by atoms with van der Waals surface area (Å²) in [5, 5.41) is 12.7. The number of imidazole rings is 1. The first-order valence-electron chi connectivity index (χ1n) is 6.68. The number of amides is 1. The molecule has 3 N–H and O–H groups in total. The van der Waals surface area contributed by atoms with Gasteiger partial charge in [0.1, 0.15) is 0 Å². The molecule has 1 aliphatic carbocycles. The van der Waals surface area contributed by atoms with Crippen molar-refractivity contribution in [2.24, 2.45) is 0 Å². The van der Waals surface area contributed by atoms with Gasteiger partial charge in [-0.1, -0.05) is 25.0 Å². The number of carbonyl (C=O) groups is 1. The van der Waals surface area contributed by atoms with Crippen molar-refractivity contribution in [1.29, 1.82) is 0 Å². The molecule has 1 aliphatic rings. The van der Waals surface area contributed by atoms with Crippen LogP contribution in [0.1, 0.15) is 36.3 Å². The van der Waals surface area contributed by atoms with E-state index in [-0.39, 0.29) is 11.9 Å². The number of fused-ring (bicyclic) bond motifs is 1. The molecule has 1 saturated carbocycles. The van der Waals surface area contributed by atoms with E-state index in [0.717, 1.165) is 36.7 Å². The van der Waals surface area contributed by atoms with Gasteiger partial charge in [0.15, 0.2) is 5.82 Å². The fourth-order valence-corrected chi connectivity index (χ4v) is 2.58. The second-order valence-corrected chi connectivity index (χ2v) is 5.03. The molecule has 5 nitrogen and oxygen atoms in total. The topological polar surface area (TPSA) is 78.0 Å². The zero-order valence-electron chi connectivity index (χ0n) is 10.6. The van der Waals surface area contributed by atoms with E-state index >= 15 is 0 Å². The molecule has 1 aromatic heterocycles. The highest BCUT2D eigenvalue weighted by atomic mass is 16.3. The fraction of sp³-hybridized carbons (Fsp3) is 0.429. The number of nitrogens with zero attached hydrogens (tertiary/aromatic N) is 1. The maximum atomic E-state index is 12.1. The maximum Gasteiger partial charge on any atom is 0.287 e. The maximum absolute atomic E-state index is 12.1. The molecule has 19 heavy (non-hydrogen) atoms. The Morgan fingerprint density at radius 3 is 2.89 bits per heavy atom. The summed E-state index contributed by atoms with van der Waals surface area (Å²) >= 11 is 0. The van der Waals surface area contributed by atoms with E-state index in [0.29, 0.717) is 5.82 Å². The molecule has 3 rings (SSSR count). The number of para-hydroxylation sites is 2. The second-order valence-electron chi connectivity index (χ2n) is 5.03. The van der Waals surface area contributed by atoms with Crippen LogP contribution in [-0.4, -0.2) is 33.1 Å². The third-order valence-electron chi connectivity index (χ3n) is 3.65. The molecule has 1 heterocycles. The van der Waals surface area contributed by atoms with Crippen LogP contribution in [0.5, 0.6) is 0 Å². The quantitative estimate of drug-likeness (QED) is 0.766. The van der Waals surface area contributed by atoms with Crippen molar-refractivity contribution in [3.63, 3.8) is 0 Å². The van der Waals surface area contributed by atoms with Gasteiger partial charge in [0.25, 0.3) is 5.91 Å². The molecule has 100 valence electrons. The lowest BCUT2D eigenvalue weighted by atomic mass is 9.92. The summed E-state index contributed by atoms with van der Waals surface area (Å²) in [6, 6.07) is 7.37. The Kier molecular flexibility index (Phi) is 3.21. The summed E-state index contributed by atoms with van der Waals surface area (Å²) in [6.07, 6.45) is 3.21. The summed E-state index contributed by atoms with van der Waals surface area (Å²) in [6.45, 7) is 0. The van der Waals surface area contributed by atoms with E-state index in [2.05, 4.69) is 15.3 Å². The van der Waals surface area contributed by atoms with E-state index in [1.54, 1.807) is 0 Å². The Bertz CT molecular complexity index is 560. The molecular weight excluding hydrogens is 242 g/mol. The average molecular weight is 259 g/mol. The SMILES string of the molecule is O=C(NC1CCCCC1O)c1nc2ccccc2[nH]1. The number of aliphatic hydroxyl groups excluding tert-OH is 1. The number of carbonyl (C=O) groups excluding carboxylic acids is 1. The molecule has 1 fully saturated rings. The molecule has 2 unspecified atom stereocenters. The van der Waals surface area contributed by atoms with Gasteiger partial charge >= 0.3 is 0 Å². The Labute approximate surface area is 111 Å². The van der Waals surface area contributed by atoms with Crippen molar-refractivity contribution >= 4 is 16.9 Å². The number of hydrogen-bond donors (Lipinski definition) is 3. The third-order valence-corrected chi connectivity index (χ3v) is 3.65. The summed E-state index contributed by atoms with van der Waals surface area (Å²) in [4.78, 5) is 19.4. The number of H-pyrrole nitrogens is 1. The van der Waals surface area contributed by atoms with E-state index in [1.165, 1.54) is 0 Å². The number of hydrogen-bond acceptors (Lipinski definition) is 3. The average Bonchev–Trinajstić information content (AvgIpc) is 2.85. The normalized spacial score (nSPS) is 23.4. The zero-order valence-corrected chi connectivity index (χ0v) is 10.6. The largest absolute Gasteiger partial charge is 0.391 e. The molecule has 0 bridgehead atoms. The number of rotatable bonds is 2. The van der Waals surface area contributed by atoms with Crippen molar-refractivity contribution < 1.29 is 9.90 Å². The standard InChI is InChI=1S/C14H17N3O2/c18-12-8-4-3-7-11(12)17-14(19)13-15-9-5-1-2-6-10(9)16-13/h1-2,5-6,11-12,18H,3-4,7-8H2,(H,15,16)(H,17,19). The lowest BCUT2D eigenvalue weighted by Gasteiger charge is -2.27. The molecule has 2 atom stereocenters. The molecule has 0 saturated heterocycles. The van der Waals surface area contributed by atoms with Crippen LogP contribution < -0.4 is 5.32 Å². The van der Waals surface area contributed by atoms with Gasteiger partial charge in [-0.05, 0) is 25.0 Å². The van der Waals surface area contributed by atoms with Gasteiger partial charge in [-0.15, -0.1) is 0 Å². The molecule has 1 amide bonds. The van der Waals surface area contributed by atoms with Crippen LogP contribution in [0.3, 0.4) is 0 Å². The summed E-state index contributed by atoms with van der Waals surface area (Å²) < 4.78 is 0. The van der Waals surface area contributed by atoms with Crippen LogP contribution in [0.25, 0.3) is 11.0 Å². The molecule has 2 aromatic rings. The predicted octanol–water partition coefficient (Wildman–Crippen LogP) is 1.60. The van der Waals surface area contributed by atoms with Gasteiger partial charge in [-0.2, -0.15) is 0 Å². The van der Waals surface area contributed by atoms with Gasteiger partial charge in [0.05, 0.1) is 23.2 Å². The lowest BCUT2D eigenvalue weighted by Crippen LogP contribution is -2.45. The molecule has 0 aliphatic heterocycles. The van der Waals surface area contributed by atoms with Crippen LogP contribution >= 0.6 is 0 Å². The van der Waals surface area contributed by atoms with E-state index in [4.69, 9.17) is 0 Å². The van der Waals surface area contributed by atoms with Crippen molar-refractivity contribution in [2.45, 2.75) is 37.8 Å². The van der Waals surface area contributed by atoms with Gasteiger partial charge in [-0.3, -0.25) is 4.79 Å². The van der Waals surface area contributed by atoms with Crippen molar-refractivity contribution in [2.75, 3.05) is 0 Å². The molecule has 0 radical (unpaired) electrons. The number of aromatic amines is 1. The van der Waals surface area contributed by atoms with Crippen molar-refractivity contribution in [1.82, 2.24) is 15.3 Å². The number of nitrogens with one attached hydrogen (secondary N) is 2. The highest BCUT2D eigenvalue weighted by Gasteiger charge is 2.25. The summed E-state index contributed by atoms with van der Waals surface area (Å²) in [5.74, 6) is 0.0566. The van der Waals surface area contributed by atoms with E-state index in [1.807, 2.05) is 24.3 Å². The van der Waals surface area contributed by atoms with E-state index in [9.17, 15) is 9.90 Å². The first-order valence-corrected chi connectivity index (χ1v) is 6.68. The van der Waals surface area contributed by atoms with Crippen LogP contribution in [0.4, 0.5) is 0 Å². The van der Waals surface area contributed by atoms with Gasteiger partial charge < -0.3 is 15.4 Å². The highest BCUT2D eigenvalue weighted by Crippen LogP contribution is 2.19. The van der Waals surface area contributed by atoms with Gasteiger partial charge in [-0.25, -0.2) is 4.98 Å². The summed E-state index contributed by atoms with van der Waals surface area (Å²) in [5.41, 5.74) is 1.62. The Morgan fingerprint density at radius 1 is 1.32 bits per heavy atom. The molecule has 0 spiro atoms. The smallest absolute Gasteiger partial charge is 0.287 e. The first-order chi connectivity index (χ1) is 9.24. The van der Waals surface area contributed by atoms with Crippen molar-refractivity contribution in [3.8, 4) is 0 Å².